The summed E-state index contributed by atoms with van der Waals surface area (Å²) in [6.07, 6.45) is 3.12. The number of ether oxygens (including phenoxy) is 2. The molecule has 0 atom stereocenters. The normalized spacial score (nSPS) is 10.7. The Bertz CT molecular complexity index is 1370. The molecule has 0 radical (unpaired) electrons. The molecule has 0 aliphatic carbocycles. The topological polar surface area (TPSA) is 111 Å². The molecular weight excluding hydrogens is 481 g/mol. The number of hydrogen-bond donors (Lipinski definition) is 0. The van der Waals surface area contributed by atoms with Gasteiger partial charge in [-0.2, -0.15) is 0 Å². The van der Waals surface area contributed by atoms with Crippen LogP contribution in [0, 0.1) is 0 Å². The third kappa shape index (κ3) is 6.64. The summed E-state index contributed by atoms with van der Waals surface area (Å²) in [4.78, 5) is 25.1. The van der Waals surface area contributed by atoms with E-state index in [-0.39, 0.29) is 54.2 Å². The summed E-state index contributed by atoms with van der Waals surface area (Å²) in [5, 5.41) is 0. The Morgan fingerprint density at radius 1 is 0.743 bits per heavy atom. The Kier molecular flexibility index (Phi) is 8.94. The maximum absolute atomic E-state index is 13.0. The molecule has 0 N–H and O–H groups in total. The van der Waals surface area contributed by atoms with E-state index in [0.29, 0.717) is 9.54 Å². The summed E-state index contributed by atoms with van der Waals surface area (Å²) in [5.74, 6) is -0.894. The predicted octanol–water partition coefficient (Wildman–Crippen LogP) is 1.44. The van der Waals surface area contributed by atoms with Crippen LogP contribution in [0.2, 0.25) is 0 Å². The van der Waals surface area contributed by atoms with Crippen LogP contribution in [0.1, 0.15) is 21.6 Å². The van der Waals surface area contributed by atoms with Crippen LogP contribution in [0.5, 0.6) is 0 Å². The first-order valence-corrected chi connectivity index (χ1v) is 11.6. The van der Waals surface area contributed by atoms with Crippen LogP contribution < -0.4 is 29.6 Å². The molecule has 0 spiro atoms. The van der Waals surface area contributed by atoms with Crippen molar-refractivity contribution in [2.75, 3.05) is 0 Å². The fourth-order valence-electron chi connectivity index (χ4n) is 3.17. The second-order valence-corrected chi connectivity index (χ2v) is 8.58. The summed E-state index contributed by atoms with van der Waals surface area (Å²) in [6, 6.07) is 22.6. The van der Waals surface area contributed by atoms with Crippen molar-refractivity contribution in [3.63, 3.8) is 0 Å². The second-order valence-electron chi connectivity index (χ2n) is 7.11. The van der Waals surface area contributed by atoms with Crippen molar-refractivity contribution in [3.05, 3.63) is 119 Å². The molecule has 0 unspecified atom stereocenters. The average Bonchev–Trinajstić information content (AvgIpc) is 3.53. The van der Waals surface area contributed by atoms with Gasteiger partial charge in [-0.3, -0.25) is 4.79 Å². The predicted molar refractivity (Wildman–Crippen MR) is 124 cm³/mol. The van der Waals surface area contributed by atoms with Gasteiger partial charge in [-0.1, -0.05) is 60.7 Å². The van der Waals surface area contributed by atoms with Gasteiger partial charge in [0.05, 0.1) is 5.69 Å². The Morgan fingerprint density at radius 3 is 1.86 bits per heavy atom. The number of amides is 1. The average molecular weight is 501 g/mol. The Morgan fingerprint density at radius 2 is 1.29 bits per heavy atom. The largest absolute Gasteiger partial charge is 1.00 e. The van der Waals surface area contributed by atoms with E-state index >= 15 is 0 Å². The smallest absolute Gasteiger partial charge is 0.492 e. The standard InChI is InChI=1S/C24H21N3O6S.Na/c28-23(32-17-19-9-3-1-4-10-19)22-21(26-14-7-8-15-26)13-16-27(22)34(30,31)25-24(29)33-18-20-11-5-2-6-12-20;/h1-16H,17-18H2,(H,25,29);/q;+1/p-1. The Labute approximate surface area is 224 Å². The molecule has 0 bridgehead atoms. The number of aromatic nitrogens is 2. The number of carbonyl (C=O) groups is 2. The van der Waals surface area contributed by atoms with Gasteiger partial charge in [0, 0.05) is 18.6 Å². The SMILES string of the molecule is O=C([N-]S(=O)(=O)n1ccc(-n2cccc2)c1C(=O)OCc1ccccc1)OCc1ccccc1.[Na+]. The first-order chi connectivity index (χ1) is 16.4. The summed E-state index contributed by atoms with van der Waals surface area (Å²) < 4.78 is 41.5. The molecule has 9 nitrogen and oxygen atoms in total. The van der Waals surface area contributed by atoms with Crippen molar-refractivity contribution in [2.24, 2.45) is 0 Å². The number of hydrogen-bond acceptors (Lipinski definition) is 6. The van der Waals surface area contributed by atoms with E-state index in [2.05, 4.69) is 4.72 Å². The molecule has 4 rings (SSSR count). The molecule has 35 heavy (non-hydrogen) atoms. The van der Waals surface area contributed by atoms with Crippen LogP contribution >= 0.6 is 0 Å². The van der Waals surface area contributed by atoms with Crippen molar-refractivity contribution < 1.29 is 57.0 Å². The molecule has 11 heteroatoms. The van der Waals surface area contributed by atoms with E-state index in [1.165, 1.54) is 6.07 Å². The van der Waals surface area contributed by atoms with Crippen molar-refractivity contribution in [2.45, 2.75) is 13.2 Å². The fraction of sp³-hybridized carbons (Fsp3) is 0.0833. The number of carbonyl (C=O) groups excluding carboxylic acids is 2. The zero-order chi connectivity index (χ0) is 24.0. The molecule has 1 amide bonds. The quantitative estimate of drug-likeness (QED) is 0.267. The van der Waals surface area contributed by atoms with Crippen LogP contribution in [0.3, 0.4) is 0 Å². The summed E-state index contributed by atoms with van der Waals surface area (Å²) >= 11 is 0. The van der Waals surface area contributed by atoms with E-state index in [1.54, 1.807) is 83.7 Å². The molecular formula is C24H20N3NaO6S. The molecule has 0 aliphatic rings. The molecule has 4 aromatic rings. The Hall–Kier alpha value is -3.31. The van der Waals surface area contributed by atoms with E-state index < -0.39 is 22.3 Å². The number of nitrogens with zero attached hydrogens (tertiary/aromatic N) is 3. The molecule has 2 aromatic carbocycles. The van der Waals surface area contributed by atoms with E-state index in [0.717, 1.165) is 11.8 Å². The van der Waals surface area contributed by atoms with Crippen LogP contribution in [0.15, 0.2) is 97.5 Å². The van der Waals surface area contributed by atoms with E-state index in [4.69, 9.17) is 9.47 Å². The zero-order valence-electron chi connectivity index (χ0n) is 18.9. The molecule has 0 fully saturated rings. The summed E-state index contributed by atoms with van der Waals surface area (Å²) in [7, 11) is -4.64. The second kappa shape index (κ2) is 11.9. The van der Waals surface area contributed by atoms with Crippen molar-refractivity contribution in [3.8, 4) is 5.69 Å². The fourth-order valence-corrected chi connectivity index (χ4v) is 4.11. The monoisotopic (exact) mass is 501 g/mol. The van der Waals surface area contributed by atoms with Gasteiger partial charge in [-0.05, 0) is 29.3 Å². The molecule has 2 heterocycles. The minimum atomic E-state index is -4.64. The maximum Gasteiger partial charge on any atom is 1.00 e. The number of esters is 1. The van der Waals surface area contributed by atoms with Gasteiger partial charge in [-0.15, -0.1) is 0 Å². The molecule has 2 aromatic heterocycles. The van der Waals surface area contributed by atoms with Gasteiger partial charge in [0.1, 0.15) is 13.2 Å². The minimum absolute atomic E-state index is 0. The van der Waals surface area contributed by atoms with E-state index in [1.807, 2.05) is 6.07 Å². The maximum atomic E-state index is 13.0. The van der Waals surface area contributed by atoms with Gasteiger partial charge in [0.2, 0.25) is 6.09 Å². The number of rotatable bonds is 8. The molecule has 174 valence electrons. The minimum Gasteiger partial charge on any atom is -0.492 e. The number of benzene rings is 2. The van der Waals surface area contributed by atoms with E-state index in [9.17, 15) is 18.0 Å². The van der Waals surface area contributed by atoms with Gasteiger partial charge in [0.15, 0.2) is 15.9 Å². The first-order valence-electron chi connectivity index (χ1n) is 10.2. The van der Waals surface area contributed by atoms with Crippen LogP contribution in [0.25, 0.3) is 10.4 Å². The van der Waals surface area contributed by atoms with Gasteiger partial charge in [-0.25, -0.2) is 17.2 Å². The van der Waals surface area contributed by atoms with Crippen LogP contribution in [-0.2, 0) is 32.9 Å². The van der Waals surface area contributed by atoms with Gasteiger partial charge in [0.25, 0.3) is 0 Å². The third-order valence-electron chi connectivity index (χ3n) is 4.76. The zero-order valence-corrected chi connectivity index (χ0v) is 21.7. The van der Waals surface area contributed by atoms with Crippen molar-refractivity contribution in [1.29, 1.82) is 0 Å². The molecule has 0 saturated carbocycles. The van der Waals surface area contributed by atoms with Crippen molar-refractivity contribution >= 4 is 22.3 Å². The van der Waals surface area contributed by atoms with Crippen LogP contribution in [-0.4, -0.2) is 29.0 Å². The van der Waals surface area contributed by atoms with Crippen LogP contribution in [0.4, 0.5) is 4.79 Å². The Balaban J connectivity index is 0.00000342. The first kappa shape index (κ1) is 26.3. The molecule has 0 aliphatic heterocycles. The molecule has 0 saturated heterocycles. The summed E-state index contributed by atoms with van der Waals surface area (Å²) in [5.41, 5.74) is 1.35. The van der Waals surface area contributed by atoms with Gasteiger partial charge >= 0.3 is 35.5 Å². The third-order valence-corrected chi connectivity index (χ3v) is 5.94. The summed E-state index contributed by atoms with van der Waals surface area (Å²) in [6.45, 7) is -0.211. The van der Waals surface area contributed by atoms with Crippen molar-refractivity contribution in [1.82, 2.24) is 8.54 Å². The van der Waals surface area contributed by atoms with Gasteiger partial charge < -0.3 is 18.8 Å².